The second kappa shape index (κ2) is 5.22. The van der Waals surface area contributed by atoms with Gasteiger partial charge in [0.15, 0.2) is 0 Å². The van der Waals surface area contributed by atoms with E-state index >= 15 is 0 Å². The van der Waals surface area contributed by atoms with Crippen LogP contribution in [0, 0.1) is 6.92 Å². The molecule has 0 amide bonds. The fraction of sp³-hybridized carbons (Fsp3) is 0.167. The third kappa shape index (κ3) is 2.70. The van der Waals surface area contributed by atoms with Crippen LogP contribution in [0.25, 0.3) is 0 Å². The number of nitrogens with zero attached hydrogens (tertiary/aromatic N) is 2. The van der Waals surface area contributed by atoms with Gasteiger partial charge in [-0.2, -0.15) is 9.97 Å². The summed E-state index contributed by atoms with van der Waals surface area (Å²) in [5.41, 5.74) is 7.73. The Labute approximate surface area is 114 Å². The lowest BCUT2D eigenvalue weighted by atomic mass is 10.2. The molecule has 0 aliphatic carbocycles. The molecule has 0 bridgehead atoms. The molecule has 0 aliphatic heterocycles. The van der Waals surface area contributed by atoms with Gasteiger partial charge in [-0.25, -0.2) is 0 Å². The standard InChI is InChI=1S/C12H14BrN5/c1-7-8(13)4-3-5-9(7)16-11-6-10(15-2)17-12(14)18-11/h3-6H,1-2H3,(H4,14,15,16,17,18). The number of rotatable bonds is 3. The van der Waals surface area contributed by atoms with Crippen molar-refractivity contribution in [2.75, 3.05) is 23.4 Å². The Hall–Kier alpha value is -1.82. The van der Waals surface area contributed by atoms with Crippen LogP contribution in [-0.4, -0.2) is 17.0 Å². The summed E-state index contributed by atoms with van der Waals surface area (Å²) in [6, 6.07) is 7.74. The minimum atomic E-state index is 0.233. The van der Waals surface area contributed by atoms with E-state index in [0.717, 1.165) is 15.7 Å². The lowest BCUT2D eigenvalue weighted by molar-refractivity contribution is 1.17. The predicted molar refractivity (Wildman–Crippen MR) is 78.2 cm³/mol. The van der Waals surface area contributed by atoms with Crippen molar-refractivity contribution in [2.45, 2.75) is 6.92 Å². The first kappa shape index (κ1) is 12.6. The maximum atomic E-state index is 5.65. The average Bonchev–Trinajstić information content (AvgIpc) is 2.34. The van der Waals surface area contributed by atoms with Crippen LogP contribution in [0.1, 0.15) is 5.56 Å². The van der Waals surface area contributed by atoms with Gasteiger partial charge < -0.3 is 16.4 Å². The molecule has 1 aromatic heterocycles. The molecule has 5 nitrogen and oxygen atoms in total. The van der Waals surface area contributed by atoms with Crippen molar-refractivity contribution in [3.8, 4) is 0 Å². The largest absolute Gasteiger partial charge is 0.373 e. The molecule has 2 aromatic rings. The Morgan fingerprint density at radius 3 is 2.67 bits per heavy atom. The maximum absolute atomic E-state index is 5.65. The number of aromatic nitrogens is 2. The molecule has 4 N–H and O–H groups in total. The molecule has 0 fully saturated rings. The van der Waals surface area contributed by atoms with Gasteiger partial charge in [0.2, 0.25) is 5.95 Å². The van der Waals surface area contributed by atoms with E-state index in [0.29, 0.717) is 11.6 Å². The van der Waals surface area contributed by atoms with Crippen LogP contribution in [0.4, 0.5) is 23.3 Å². The van der Waals surface area contributed by atoms with Crippen LogP contribution in [-0.2, 0) is 0 Å². The molecule has 0 aliphatic rings. The van der Waals surface area contributed by atoms with Crippen LogP contribution in [0.15, 0.2) is 28.7 Å². The quantitative estimate of drug-likeness (QED) is 0.813. The number of hydrogen-bond acceptors (Lipinski definition) is 5. The Balaban J connectivity index is 2.34. The zero-order valence-corrected chi connectivity index (χ0v) is 11.7. The van der Waals surface area contributed by atoms with Crippen molar-refractivity contribution in [3.05, 3.63) is 34.3 Å². The van der Waals surface area contributed by atoms with Crippen molar-refractivity contribution >= 4 is 39.2 Å². The second-order valence-corrected chi connectivity index (χ2v) is 4.64. The fourth-order valence-electron chi connectivity index (χ4n) is 1.54. The molecule has 94 valence electrons. The van der Waals surface area contributed by atoms with Gasteiger partial charge in [-0.3, -0.25) is 0 Å². The van der Waals surface area contributed by atoms with Crippen LogP contribution in [0.3, 0.4) is 0 Å². The SMILES string of the molecule is CNc1cc(Nc2cccc(Br)c2C)nc(N)n1. The first-order valence-corrected chi connectivity index (χ1v) is 6.24. The summed E-state index contributed by atoms with van der Waals surface area (Å²) < 4.78 is 1.04. The van der Waals surface area contributed by atoms with E-state index in [9.17, 15) is 0 Å². The smallest absolute Gasteiger partial charge is 0.223 e. The number of nitrogen functional groups attached to an aromatic ring is 1. The van der Waals surface area contributed by atoms with E-state index in [-0.39, 0.29) is 5.95 Å². The van der Waals surface area contributed by atoms with Crippen molar-refractivity contribution in [1.29, 1.82) is 0 Å². The molecular weight excluding hydrogens is 294 g/mol. The van der Waals surface area contributed by atoms with Gasteiger partial charge in [-0.15, -0.1) is 0 Å². The van der Waals surface area contributed by atoms with Crippen molar-refractivity contribution in [3.63, 3.8) is 0 Å². The first-order valence-electron chi connectivity index (χ1n) is 5.44. The predicted octanol–water partition coefficient (Wildman–Crippen LogP) is 2.92. The van der Waals surface area contributed by atoms with Crippen molar-refractivity contribution in [1.82, 2.24) is 9.97 Å². The Bertz CT molecular complexity index is 570. The van der Waals surface area contributed by atoms with Gasteiger partial charge in [0.25, 0.3) is 0 Å². The number of hydrogen-bond donors (Lipinski definition) is 3. The highest BCUT2D eigenvalue weighted by Gasteiger charge is 2.05. The first-order chi connectivity index (χ1) is 8.60. The summed E-state index contributed by atoms with van der Waals surface area (Å²) in [6.07, 6.45) is 0. The normalized spacial score (nSPS) is 10.2. The van der Waals surface area contributed by atoms with Crippen LogP contribution in [0.5, 0.6) is 0 Å². The molecule has 2 rings (SSSR count). The van der Waals surface area contributed by atoms with Gasteiger partial charge in [0, 0.05) is 23.3 Å². The zero-order chi connectivity index (χ0) is 13.1. The molecule has 0 atom stereocenters. The minimum Gasteiger partial charge on any atom is -0.373 e. The van der Waals surface area contributed by atoms with Gasteiger partial charge in [-0.05, 0) is 24.6 Å². The molecule has 1 heterocycles. The van der Waals surface area contributed by atoms with Crippen molar-refractivity contribution < 1.29 is 0 Å². The third-order valence-corrected chi connectivity index (χ3v) is 3.39. The van der Waals surface area contributed by atoms with Gasteiger partial charge in [-0.1, -0.05) is 22.0 Å². The Morgan fingerprint density at radius 1 is 1.22 bits per heavy atom. The molecule has 6 heteroatoms. The average molecular weight is 308 g/mol. The molecule has 0 saturated carbocycles. The van der Waals surface area contributed by atoms with E-state index in [1.54, 1.807) is 13.1 Å². The summed E-state index contributed by atoms with van der Waals surface area (Å²) in [6.45, 7) is 2.02. The van der Waals surface area contributed by atoms with Crippen LogP contribution in [0.2, 0.25) is 0 Å². The minimum absolute atomic E-state index is 0.233. The number of nitrogens with two attached hydrogens (primary N) is 1. The second-order valence-electron chi connectivity index (χ2n) is 3.78. The molecule has 0 spiro atoms. The fourth-order valence-corrected chi connectivity index (χ4v) is 1.91. The Morgan fingerprint density at radius 2 is 1.94 bits per heavy atom. The van der Waals surface area contributed by atoms with Gasteiger partial charge >= 0.3 is 0 Å². The summed E-state index contributed by atoms with van der Waals surface area (Å²) in [5, 5.41) is 6.17. The van der Waals surface area contributed by atoms with E-state index in [1.165, 1.54) is 0 Å². The molecule has 0 unspecified atom stereocenters. The number of nitrogens with one attached hydrogen (secondary N) is 2. The zero-order valence-electron chi connectivity index (χ0n) is 10.2. The van der Waals surface area contributed by atoms with Crippen LogP contribution < -0.4 is 16.4 Å². The lowest BCUT2D eigenvalue weighted by Crippen LogP contribution is -2.03. The molecule has 1 aromatic carbocycles. The highest BCUT2D eigenvalue weighted by atomic mass is 79.9. The molecule has 0 saturated heterocycles. The molecule has 18 heavy (non-hydrogen) atoms. The van der Waals surface area contributed by atoms with E-state index in [4.69, 9.17) is 5.73 Å². The molecular formula is C12H14BrN5. The van der Waals surface area contributed by atoms with E-state index < -0.39 is 0 Å². The number of halogens is 1. The van der Waals surface area contributed by atoms with Crippen LogP contribution >= 0.6 is 15.9 Å². The van der Waals surface area contributed by atoms with Gasteiger partial charge in [0.05, 0.1) is 0 Å². The topological polar surface area (TPSA) is 75.9 Å². The van der Waals surface area contributed by atoms with E-state index in [2.05, 4.69) is 36.5 Å². The Kier molecular flexibility index (Phi) is 3.66. The van der Waals surface area contributed by atoms with Crippen molar-refractivity contribution in [2.24, 2.45) is 0 Å². The maximum Gasteiger partial charge on any atom is 0.223 e. The summed E-state index contributed by atoms with van der Waals surface area (Å²) >= 11 is 3.49. The summed E-state index contributed by atoms with van der Waals surface area (Å²) in [7, 11) is 1.79. The number of anilines is 4. The third-order valence-electron chi connectivity index (χ3n) is 2.53. The number of benzene rings is 1. The summed E-state index contributed by atoms with van der Waals surface area (Å²) in [4.78, 5) is 8.19. The summed E-state index contributed by atoms with van der Waals surface area (Å²) in [5.74, 6) is 1.57. The highest BCUT2D eigenvalue weighted by Crippen LogP contribution is 2.26. The molecule has 0 radical (unpaired) electrons. The monoisotopic (exact) mass is 307 g/mol. The highest BCUT2D eigenvalue weighted by molar-refractivity contribution is 9.10. The lowest BCUT2D eigenvalue weighted by Gasteiger charge is -2.11. The van der Waals surface area contributed by atoms with E-state index in [1.807, 2.05) is 25.1 Å². The van der Waals surface area contributed by atoms with Gasteiger partial charge in [0.1, 0.15) is 11.6 Å².